The maximum atomic E-state index is 2.48. The third kappa shape index (κ3) is 7.11. The van der Waals surface area contributed by atoms with Gasteiger partial charge in [0.15, 0.2) is 0 Å². The van der Waals surface area contributed by atoms with Crippen LogP contribution in [-0.2, 0) is 16.2 Å². The molecule has 3 aliphatic carbocycles. The normalized spacial score (nSPS) is 14.6. The van der Waals surface area contributed by atoms with Crippen molar-refractivity contribution in [2.45, 2.75) is 57.8 Å². The second kappa shape index (κ2) is 16.7. The van der Waals surface area contributed by atoms with Crippen LogP contribution < -0.4 is 0 Å². The molecular formula is C75H58. The lowest BCUT2D eigenvalue weighted by Gasteiger charge is -2.24. The van der Waals surface area contributed by atoms with E-state index in [2.05, 4.69) is 284 Å². The molecule has 0 N–H and O–H groups in total. The molecule has 0 saturated carbocycles. The zero-order valence-electron chi connectivity index (χ0n) is 43.6. The fraction of sp³-hybridized carbons (Fsp3) is 0.120. The van der Waals surface area contributed by atoms with Crippen molar-refractivity contribution in [3.63, 3.8) is 0 Å². The van der Waals surface area contributed by atoms with E-state index in [0.29, 0.717) is 0 Å². The molecule has 75 heavy (non-hydrogen) atoms. The highest BCUT2D eigenvalue weighted by atomic mass is 14.4. The standard InChI is InChI=1S/C75H58/c1-73(2)67-41-53(52-21-15-20-51(40-52)49-26-24-48(25-27-49)47-16-9-7-10-17-47)28-34-61(67)62-35-29-54(42-68(62)73)55-30-36-63-64-37-31-56(44-70(64)74(3,4)69(63)43-55)57-32-38-65-66-39-33-58(46-72(66)75(5,6)71(65)45-57)60-23-14-13-22-59(60)50-18-11-8-12-19-50/h7-46H,1-6H3. The van der Waals surface area contributed by atoms with Crippen LogP contribution in [0.4, 0.5) is 0 Å². The molecule has 0 spiro atoms. The fourth-order valence-corrected chi connectivity index (χ4v) is 13.2. The monoisotopic (exact) mass is 958 g/mol. The third-order valence-electron chi connectivity index (χ3n) is 17.5. The Bertz CT molecular complexity index is 4110. The van der Waals surface area contributed by atoms with Crippen LogP contribution in [0.5, 0.6) is 0 Å². The Morgan fingerprint density at radius 3 is 0.760 bits per heavy atom. The van der Waals surface area contributed by atoms with E-state index < -0.39 is 0 Å². The molecule has 0 nitrogen and oxygen atoms in total. The van der Waals surface area contributed by atoms with E-state index in [1.54, 1.807) is 0 Å². The lowest BCUT2D eigenvalue weighted by Crippen LogP contribution is -2.16. The lowest BCUT2D eigenvalue weighted by atomic mass is 9.79. The van der Waals surface area contributed by atoms with Gasteiger partial charge in [-0.05, 0) is 187 Å². The number of hydrogen-bond acceptors (Lipinski definition) is 0. The Morgan fingerprint density at radius 1 is 0.160 bits per heavy atom. The van der Waals surface area contributed by atoms with Gasteiger partial charge in [-0.1, -0.05) is 242 Å². The maximum absolute atomic E-state index is 2.48. The van der Waals surface area contributed by atoms with E-state index in [9.17, 15) is 0 Å². The van der Waals surface area contributed by atoms with Crippen LogP contribution in [0.25, 0.3) is 111 Å². The Balaban J connectivity index is 0.731. The van der Waals surface area contributed by atoms with Crippen LogP contribution in [0, 0.1) is 0 Å². The van der Waals surface area contributed by atoms with Crippen LogP contribution >= 0.6 is 0 Å². The van der Waals surface area contributed by atoms with Gasteiger partial charge in [0.25, 0.3) is 0 Å². The molecule has 0 saturated heterocycles. The van der Waals surface area contributed by atoms with Crippen molar-refractivity contribution in [1.82, 2.24) is 0 Å². The molecule has 0 aromatic heterocycles. The first-order chi connectivity index (χ1) is 36.4. The maximum Gasteiger partial charge on any atom is 0.0159 e. The van der Waals surface area contributed by atoms with Crippen LogP contribution in [0.2, 0.25) is 0 Å². The molecule has 0 heterocycles. The molecule has 0 aliphatic heterocycles. The molecule has 14 rings (SSSR count). The van der Waals surface area contributed by atoms with E-state index in [1.807, 2.05) is 0 Å². The van der Waals surface area contributed by atoms with Gasteiger partial charge < -0.3 is 0 Å². The second-order valence-corrected chi connectivity index (χ2v) is 22.9. The summed E-state index contributed by atoms with van der Waals surface area (Å²) in [6.45, 7) is 14.4. The summed E-state index contributed by atoms with van der Waals surface area (Å²) in [6.07, 6.45) is 0. The number of fused-ring (bicyclic) bond motifs is 9. The summed E-state index contributed by atoms with van der Waals surface area (Å²) in [7, 11) is 0. The van der Waals surface area contributed by atoms with Crippen LogP contribution in [0.15, 0.2) is 243 Å². The Morgan fingerprint density at radius 2 is 0.387 bits per heavy atom. The molecule has 11 aromatic carbocycles. The minimum Gasteiger partial charge on any atom is -0.0622 e. The number of hydrogen-bond donors (Lipinski definition) is 0. The predicted molar refractivity (Wildman–Crippen MR) is 317 cm³/mol. The summed E-state index contributed by atoms with van der Waals surface area (Å²) in [5, 5.41) is 0. The van der Waals surface area contributed by atoms with Crippen molar-refractivity contribution in [3.05, 3.63) is 276 Å². The molecular weight excluding hydrogens is 901 g/mol. The molecule has 0 radical (unpaired) electrons. The molecule has 0 amide bonds. The average Bonchev–Trinajstić information content (AvgIpc) is 3.93. The SMILES string of the molecule is CC1(C)c2cc(-c3cccc(-c4ccc(-c5ccccc5)cc4)c3)ccc2-c2ccc(-c3ccc4c(c3)C(C)(C)c3cc(-c5ccc6c(c5)C(C)(C)c5cc(-c7ccccc7-c7ccccc7)ccc5-6)ccc3-4)cc21. The van der Waals surface area contributed by atoms with Gasteiger partial charge in [-0.25, -0.2) is 0 Å². The predicted octanol–water partition coefficient (Wildman–Crippen LogP) is 20.3. The highest BCUT2D eigenvalue weighted by molar-refractivity contribution is 5.92. The first kappa shape index (κ1) is 45.1. The summed E-state index contributed by atoms with van der Waals surface area (Å²) >= 11 is 0. The number of rotatable bonds is 7. The van der Waals surface area contributed by atoms with Crippen molar-refractivity contribution >= 4 is 0 Å². The van der Waals surface area contributed by atoms with Crippen molar-refractivity contribution in [2.24, 2.45) is 0 Å². The van der Waals surface area contributed by atoms with Gasteiger partial charge in [0.2, 0.25) is 0 Å². The second-order valence-electron chi connectivity index (χ2n) is 22.9. The highest BCUT2D eigenvalue weighted by Gasteiger charge is 2.39. The van der Waals surface area contributed by atoms with Gasteiger partial charge in [-0.3, -0.25) is 0 Å². The van der Waals surface area contributed by atoms with Crippen LogP contribution in [0.1, 0.15) is 74.9 Å². The summed E-state index contributed by atoms with van der Waals surface area (Å²) in [5.41, 5.74) is 33.5. The first-order valence-electron chi connectivity index (χ1n) is 26.7. The fourth-order valence-electron chi connectivity index (χ4n) is 13.2. The van der Waals surface area contributed by atoms with E-state index in [1.165, 1.54) is 145 Å². The molecule has 0 atom stereocenters. The summed E-state index contributed by atoms with van der Waals surface area (Å²) in [5.74, 6) is 0. The molecule has 3 aliphatic rings. The van der Waals surface area contributed by atoms with E-state index >= 15 is 0 Å². The Labute approximate surface area is 442 Å². The van der Waals surface area contributed by atoms with E-state index in [0.717, 1.165) is 0 Å². The molecule has 0 bridgehead atoms. The minimum absolute atomic E-state index is 0.149. The van der Waals surface area contributed by atoms with E-state index in [-0.39, 0.29) is 16.2 Å². The largest absolute Gasteiger partial charge is 0.0622 e. The summed E-state index contributed by atoms with van der Waals surface area (Å²) < 4.78 is 0. The van der Waals surface area contributed by atoms with E-state index in [4.69, 9.17) is 0 Å². The van der Waals surface area contributed by atoms with Gasteiger partial charge in [-0.2, -0.15) is 0 Å². The topological polar surface area (TPSA) is 0 Å². The third-order valence-corrected chi connectivity index (χ3v) is 17.5. The Kier molecular flexibility index (Phi) is 10.0. The molecule has 11 aromatic rings. The van der Waals surface area contributed by atoms with Gasteiger partial charge in [0.05, 0.1) is 0 Å². The number of benzene rings is 11. The summed E-state index contributed by atoms with van der Waals surface area (Å²) in [4.78, 5) is 0. The lowest BCUT2D eigenvalue weighted by molar-refractivity contribution is 0.659. The van der Waals surface area contributed by atoms with Crippen LogP contribution in [0.3, 0.4) is 0 Å². The highest BCUT2D eigenvalue weighted by Crippen LogP contribution is 2.55. The smallest absolute Gasteiger partial charge is 0.0159 e. The molecule has 0 unspecified atom stereocenters. The zero-order valence-corrected chi connectivity index (χ0v) is 43.6. The van der Waals surface area contributed by atoms with Crippen molar-refractivity contribution in [2.75, 3.05) is 0 Å². The van der Waals surface area contributed by atoms with Crippen LogP contribution in [-0.4, -0.2) is 0 Å². The van der Waals surface area contributed by atoms with Gasteiger partial charge in [0.1, 0.15) is 0 Å². The average molecular weight is 959 g/mol. The van der Waals surface area contributed by atoms with Gasteiger partial charge >= 0.3 is 0 Å². The van der Waals surface area contributed by atoms with Crippen molar-refractivity contribution < 1.29 is 0 Å². The molecule has 0 heteroatoms. The van der Waals surface area contributed by atoms with Crippen molar-refractivity contribution in [1.29, 1.82) is 0 Å². The minimum atomic E-state index is -0.166. The van der Waals surface area contributed by atoms with Gasteiger partial charge in [-0.15, -0.1) is 0 Å². The Hall–Kier alpha value is -8.58. The molecule has 0 fully saturated rings. The quantitative estimate of drug-likeness (QED) is 0.149. The summed E-state index contributed by atoms with van der Waals surface area (Å²) in [6, 6.07) is 91.2. The van der Waals surface area contributed by atoms with Gasteiger partial charge in [0, 0.05) is 16.2 Å². The first-order valence-corrected chi connectivity index (χ1v) is 26.7. The molecule has 358 valence electrons. The van der Waals surface area contributed by atoms with Crippen molar-refractivity contribution in [3.8, 4) is 111 Å². The zero-order chi connectivity index (χ0) is 50.8.